The molecule has 1 unspecified atom stereocenters. The number of halogens is 1. The molecule has 0 spiro atoms. The van der Waals surface area contributed by atoms with Crippen LogP contribution < -0.4 is 10.6 Å². The van der Waals surface area contributed by atoms with Crippen LogP contribution in [0.15, 0.2) is 41.8 Å². The third-order valence-electron chi connectivity index (χ3n) is 3.83. The highest BCUT2D eigenvalue weighted by atomic mass is 35.5. The van der Waals surface area contributed by atoms with Gasteiger partial charge in [-0.05, 0) is 24.4 Å². The lowest BCUT2D eigenvalue weighted by molar-refractivity contribution is -0.153. The summed E-state index contributed by atoms with van der Waals surface area (Å²) in [7, 11) is 0. The lowest BCUT2D eigenvalue weighted by Gasteiger charge is -2.13. The van der Waals surface area contributed by atoms with E-state index in [1.54, 1.807) is 0 Å². The average molecular weight is 437 g/mol. The third-order valence-corrected chi connectivity index (χ3v) is 6.38. The molecule has 0 saturated carbocycles. The van der Waals surface area contributed by atoms with Crippen LogP contribution in [0.5, 0.6) is 0 Å². The molecule has 0 radical (unpaired) electrons. The van der Waals surface area contributed by atoms with Crippen molar-refractivity contribution in [2.75, 3.05) is 6.54 Å². The fourth-order valence-electron chi connectivity index (χ4n) is 2.42. The molecular weight excluding hydrogens is 420 g/mol. The standard InChI is InChI=1S/C19H17ClN2O4S2/c1-11(18(24)21-9-12-5-4-8-27-12)26-15(23)10-22-19(25)17-16(20)13-6-2-3-7-14(13)28-17/h2-8,11H,9-10H2,1H3,(H,21,24)(H,22,25). The number of hydrogen-bond donors (Lipinski definition) is 2. The van der Waals surface area contributed by atoms with Crippen molar-refractivity contribution in [3.63, 3.8) is 0 Å². The zero-order valence-electron chi connectivity index (χ0n) is 14.9. The zero-order chi connectivity index (χ0) is 20.1. The van der Waals surface area contributed by atoms with Crippen LogP contribution in [0.25, 0.3) is 10.1 Å². The molecule has 6 nitrogen and oxygen atoms in total. The minimum atomic E-state index is -0.961. The highest BCUT2D eigenvalue weighted by Gasteiger charge is 2.20. The maximum absolute atomic E-state index is 12.3. The molecule has 2 N–H and O–H groups in total. The van der Waals surface area contributed by atoms with E-state index in [2.05, 4.69) is 10.6 Å². The number of fused-ring (bicyclic) bond motifs is 1. The Morgan fingerprint density at radius 3 is 2.64 bits per heavy atom. The van der Waals surface area contributed by atoms with Crippen molar-refractivity contribution in [1.29, 1.82) is 0 Å². The Labute approximate surface area is 174 Å². The first kappa shape index (κ1) is 20.3. The second-order valence-corrected chi connectivity index (χ2v) is 8.32. The number of carbonyl (C=O) groups is 3. The van der Waals surface area contributed by atoms with Crippen LogP contribution in [-0.2, 0) is 20.9 Å². The van der Waals surface area contributed by atoms with Crippen molar-refractivity contribution in [1.82, 2.24) is 10.6 Å². The van der Waals surface area contributed by atoms with Gasteiger partial charge in [-0.25, -0.2) is 0 Å². The van der Waals surface area contributed by atoms with Crippen molar-refractivity contribution in [2.45, 2.75) is 19.6 Å². The first-order chi connectivity index (χ1) is 13.5. The Morgan fingerprint density at radius 2 is 1.93 bits per heavy atom. The van der Waals surface area contributed by atoms with Gasteiger partial charge in [-0.3, -0.25) is 14.4 Å². The van der Waals surface area contributed by atoms with Crippen LogP contribution in [0.2, 0.25) is 5.02 Å². The van der Waals surface area contributed by atoms with Gasteiger partial charge in [0, 0.05) is 15.0 Å². The lowest BCUT2D eigenvalue weighted by atomic mass is 10.2. The predicted molar refractivity (Wildman–Crippen MR) is 111 cm³/mol. The number of amides is 2. The van der Waals surface area contributed by atoms with Gasteiger partial charge in [-0.1, -0.05) is 35.9 Å². The zero-order valence-corrected chi connectivity index (χ0v) is 17.2. The minimum absolute atomic E-state index is 0.331. The van der Waals surface area contributed by atoms with Crippen LogP contribution in [0.3, 0.4) is 0 Å². The second kappa shape index (κ2) is 9.18. The summed E-state index contributed by atoms with van der Waals surface area (Å²) >= 11 is 9.02. The van der Waals surface area contributed by atoms with Crippen molar-refractivity contribution in [2.24, 2.45) is 0 Å². The topological polar surface area (TPSA) is 84.5 Å². The molecule has 9 heteroatoms. The molecule has 28 heavy (non-hydrogen) atoms. The van der Waals surface area contributed by atoms with Gasteiger partial charge in [0.2, 0.25) is 0 Å². The Kier molecular flexibility index (Phi) is 6.66. The van der Waals surface area contributed by atoms with Crippen molar-refractivity contribution < 1.29 is 19.1 Å². The molecule has 2 amide bonds. The smallest absolute Gasteiger partial charge is 0.326 e. The number of nitrogens with one attached hydrogen (secondary N) is 2. The molecule has 3 aromatic rings. The molecule has 2 aromatic heterocycles. The number of esters is 1. The summed E-state index contributed by atoms with van der Waals surface area (Å²) in [6.45, 7) is 1.50. The van der Waals surface area contributed by atoms with Crippen LogP contribution in [0.1, 0.15) is 21.5 Å². The summed E-state index contributed by atoms with van der Waals surface area (Å²) in [6, 6.07) is 11.2. The fraction of sp³-hybridized carbons (Fsp3) is 0.211. The number of rotatable bonds is 7. The number of thiophene rings is 2. The molecule has 0 saturated heterocycles. The summed E-state index contributed by atoms with van der Waals surface area (Å²) in [4.78, 5) is 37.6. The third kappa shape index (κ3) is 4.89. The monoisotopic (exact) mass is 436 g/mol. The average Bonchev–Trinajstić information content (AvgIpc) is 3.32. The molecule has 2 heterocycles. The number of benzene rings is 1. The van der Waals surface area contributed by atoms with E-state index in [0.717, 1.165) is 15.0 Å². The van der Waals surface area contributed by atoms with E-state index >= 15 is 0 Å². The molecule has 146 valence electrons. The van der Waals surface area contributed by atoms with Gasteiger partial charge < -0.3 is 15.4 Å². The number of ether oxygens (including phenoxy) is 1. The van der Waals surface area contributed by atoms with Crippen molar-refractivity contribution >= 4 is 62.1 Å². The Morgan fingerprint density at radius 1 is 1.14 bits per heavy atom. The summed E-state index contributed by atoms with van der Waals surface area (Å²) in [5, 5.41) is 8.23. The van der Waals surface area contributed by atoms with Crippen LogP contribution in [-0.4, -0.2) is 30.4 Å². The van der Waals surface area contributed by atoms with Gasteiger partial charge in [-0.2, -0.15) is 0 Å². The second-order valence-electron chi connectivity index (χ2n) is 5.85. The van der Waals surface area contributed by atoms with Gasteiger partial charge >= 0.3 is 5.97 Å². The Hall–Kier alpha value is -2.42. The summed E-state index contributed by atoms with van der Waals surface area (Å²) in [6.07, 6.45) is -0.961. The van der Waals surface area contributed by atoms with E-state index < -0.39 is 23.9 Å². The van der Waals surface area contributed by atoms with Crippen LogP contribution in [0, 0.1) is 0 Å². The molecule has 3 rings (SSSR count). The molecule has 1 atom stereocenters. The predicted octanol–water partition coefficient (Wildman–Crippen LogP) is 3.59. The van der Waals surface area contributed by atoms with Gasteiger partial charge in [0.05, 0.1) is 11.6 Å². The summed E-state index contributed by atoms with van der Waals surface area (Å²) in [5.41, 5.74) is 0. The van der Waals surface area contributed by atoms with Gasteiger partial charge in [0.25, 0.3) is 11.8 Å². The van der Waals surface area contributed by atoms with E-state index in [-0.39, 0.29) is 6.54 Å². The lowest BCUT2D eigenvalue weighted by Crippen LogP contribution is -2.38. The highest BCUT2D eigenvalue weighted by molar-refractivity contribution is 7.21. The minimum Gasteiger partial charge on any atom is -0.451 e. The maximum Gasteiger partial charge on any atom is 0.326 e. The van der Waals surface area contributed by atoms with Gasteiger partial charge in [0.1, 0.15) is 11.4 Å². The summed E-state index contributed by atoms with van der Waals surface area (Å²) < 4.78 is 5.95. The maximum atomic E-state index is 12.3. The van der Waals surface area contributed by atoms with Crippen LogP contribution in [0.4, 0.5) is 0 Å². The number of carbonyl (C=O) groups excluding carboxylic acids is 3. The Bertz CT molecular complexity index is 1000. The molecule has 0 fully saturated rings. The largest absolute Gasteiger partial charge is 0.451 e. The first-order valence-electron chi connectivity index (χ1n) is 8.40. The SMILES string of the molecule is CC(OC(=O)CNC(=O)c1sc2ccccc2c1Cl)C(=O)NCc1cccs1. The van der Waals surface area contributed by atoms with Crippen LogP contribution >= 0.6 is 34.3 Å². The van der Waals surface area contributed by atoms with Crippen molar-refractivity contribution in [3.05, 3.63) is 56.6 Å². The van der Waals surface area contributed by atoms with Crippen molar-refractivity contribution in [3.8, 4) is 0 Å². The summed E-state index contributed by atoms with van der Waals surface area (Å²) in [5.74, 6) is -1.57. The quantitative estimate of drug-likeness (QED) is 0.554. The molecule has 0 aliphatic carbocycles. The van der Waals surface area contributed by atoms with E-state index in [1.807, 2.05) is 41.8 Å². The van der Waals surface area contributed by atoms with E-state index in [4.69, 9.17) is 16.3 Å². The Balaban J connectivity index is 1.48. The molecule has 1 aromatic carbocycles. The molecular formula is C19H17ClN2O4S2. The fourth-order valence-corrected chi connectivity index (χ4v) is 4.49. The number of hydrogen-bond acceptors (Lipinski definition) is 6. The highest BCUT2D eigenvalue weighted by Crippen LogP contribution is 2.34. The molecule has 0 aliphatic heterocycles. The van der Waals surface area contributed by atoms with E-state index in [0.29, 0.717) is 16.4 Å². The molecule has 0 aliphatic rings. The van der Waals surface area contributed by atoms with Gasteiger partial charge in [0.15, 0.2) is 6.10 Å². The first-order valence-corrected chi connectivity index (χ1v) is 10.5. The van der Waals surface area contributed by atoms with E-state index in [1.165, 1.54) is 29.6 Å². The molecule has 0 bridgehead atoms. The van der Waals surface area contributed by atoms with E-state index in [9.17, 15) is 14.4 Å². The normalized spacial score (nSPS) is 11.8. The van der Waals surface area contributed by atoms with Gasteiger partial charge in [-0.15, -0.1) is 22.7 Å².